The third kappa shape index (κ3) is 3.91. The number of benzene rings is 1. The number of nitrogens with zero attached hydrogens (tertiary/aromatic N) is 2. The van der Waals surface area contributed by atoms with Gasteiger partial charge in [-0.2, -0.15) is 5.10 Å². The standard InChI is InChI=1S/C9H12N4/c10-9(11)13-12-7-6-8-4-2-1-3-5-8/h1-5,7H,6H2,(H4,10,11,13). The Morgan fingerprint density at radius 2 is 1.92 bits per heavy atom. The minimum atomic E-state index is -0.0238. The molecule has 1 rings (SSSR count). The van der Waals surface area contributed by atoms with Crippen molar-refractivity contribution in [1.82, 2.24) is 0 Å². The molecule has 0 saturated carbocycles. The van der Waals surface area contributed by atoms with E-state index in [2.05, 4.69) is 10.2 Å². The predicted octanol–water partition coefficient (Wildman–Crippen LogP) is 0.488. The SMILES string of the molecule is NC(N)=NN=CCc1ccccc1. The highest BCUT2D eigenvalue weighted by Gasteiger charge is 1.85. The monoisotopic (exact) mass is 176 g/mol. The van der Waals surface area contributed by atoms with Crippen LogP contribution in [0.5, 0.6) is 0 Å². The first-order valence-corrected chi connectivity index (χ1v) is 3.93. The molecule has 0 aliphatic carbocycles. The van der Waals surface area contributed by atoms with Crippen molar-refractivity contribution in [3.05, 3.63) is 35.9 Å². The summed E-state index contributed by atoms with van der Waals surface area (Å²) >= 11 is 0. The second-order valence-electron chi connectivity index (χ2n) is 2.51. The third-order valence-corrected chi connectivity index (χ3v) is 1.42. The molecule has 0 atom stereocenters. The van der Waals surface area contributed by atoms with Crippen LogP contribution in [0.15, 0.2) is 40.5 Å². The first kappa shape index (κ1) is 9.25. The van der Waals surface area contributed by atoms with Crippen LogP contribution in [-0.2, 0) is 6.42 Å². The zero-order valence-electron chi connectivity index (χ0n) is 7.22. The van der Waals surface area contributed by atoms with Crippen LogP contribution < -0.4 is 11.5 Å². The lowest BCUT2D eigenvalue weighted by atomic mass is 10.2. The molecule has 68 valence electrons. The molecule has 0 saturated heterocycles. The molecule has 0 aliphatic heterocycles. The van der Waals surface area contributed by atoms with Gasteiger partial charge in [0.25, 0.3) is 0 Å². The van der Waals surface area contributed by atoms with Crippen LogP contribution in [-0.4, -0.2) is 12.2 Å². The lowest BCUT2D eigenvalue weighted by molar-refractivity contribution is 1.19. The number of nitrogens with two attached hydrogens (primary N) is 2. The van der Waals surface area contributed by atoms with Crippen molar-refractivity contribution in [3.63, 3.8) is 0 Å². The van der Waals surface area contributed by atoms with Crippen LogP contribution in [0.4, 0.5) is 0 Å². The molecule has 0 aliphatic rings. The van der Waals surface area contributed by atoms with Crippen LogP contribution in [0.2, 0.25) is 0 Å². The number of rotatable bonds is 3. The topological polar surface area (TPSA) is 76.8 Å². The van der Waals surface area contributed by atoms with Gasteiger partial charge in [0.05, 0.1) is 0 Å². The number of guanidine groups is 1. The van der Waals surface area contributed by atoms with E-state index in [-0.39, 0.29) is 5.96 Å². The molecule has 1 aromatic carbocycles. The molecular formula is C9H12N4. The van der Waals surface area contributed by atoms with Crippen molar-refractivity contribution in [1.29, 1.82) is 0 Å². The molecule has 0 amide bonds. The Labute approximate surface area is 77.0 Å². The van der Waals surface area contributed by atoms with Crippen molar-refractivity contribution in [3.8, 4) is 0 Å². The smallest absolute Gasteiger partial charge is 0.211 e. The van der Waals surface area contributed by atoms with Gasteiger partial charge < -0.3 is 11.5 Å². The average molecular weight is 176 g/mol. The first-order chi connectivity index (χ1) is 6.29. The van der Waals surface area contributed by atoms with Crippen molar-refractivity contribution in [2.24, 2.45) is 21.7 Å². The minimum Gasteiger partial charge on any atom is -0.369 e. The summed E-state index contributed by atoms with van der Waals surface area (Å²) in [5.74, 6) is -0.0238. The Kier molecular flexibility index (Phi) is 3.50. The maximum Gasteiger partial charge on any atom is 0.211 e. The molecule has 0 radical (unpaired) electrons. The fourth-order valence-corrected chi connectivity index (χ4v) is 0.868. The van der Waals surface area contributed by atoms with Gasteiger partial charge >= 0.3 is 0 Å². The molecule has 0 heterocycles. The number of hydrogen-bond donors (Lipinski definition) is 2. The van der Waals surface area contributed by atoms with Gasteiger partial charge in [-0.05, 0) is 5.56 Å². The molecule has 0 fully saturated rings. The van der Waals surface area contributed by atoms with E-state index in [0.717, 1.165) is 6.42 Å². The van der Waals surface area contributed by atoms with Crippen molar-refractivity contribution >= 4 is 12.2 Å². The highest BCUT2D eigenvalue weighted by Crippen LogP contribution is 1.97. The fourth-order valence-electron chi connectivity index (χ4n) is 0.868. The first-order valence-electron chi connectivity index (χ1n) is 3.93. The normalized spacial score (nSPS) is 10.2. The van der Waals surface area contributed by atoms with Gasteiger partial charge in [-0.1, -0.05) is 30.3 Å². The van der Waals surface area contributed by atoms with E-state index in [1.807, 2.05) is 30.3 Å². The quantitative estimate of drug-likeness (QED) is 0.399. The van der Waals surface area contributed by atoms with Gasteiger partial charge in [0.2, 0.25) is 5.96 Å². The highest BCUT2D eigenvalue weighted by molar-refractivity contribution is 5.76. The highest BCUT2D eigenvalue weighted by atomic mass is 15.3. The van der Waals surface area contributed by atoms with Crippen LogP contribution in [0.3, 0.4) is 0 Å². The van der Waals surface area contributed by atoms with E-state index in [9.17, 15) is 0 Å². The summed E-state index contributed by atoms with van der Waals surface area (Å²) < 4.78 is 0. The maximum absolute atomic E-state index is 5.09. The fraction of sp³-hybridized carbons (Fsp3) is 0.111. The van der Waals surface area contributed by atoms with Crippen LogP contribution in [0, 0.1) is 0 Å². The van der Waals surface area contributed by atoms with Gasteiger partial charge in [-0.3, -0.25) is 0 Å². The van der Waals surface area contributed by atoms with E-state index < -0.39 is 0 Å². The van der Waals surface area contributed by atoms with E-state index in [1.165, 1.54) is 5.56 Å². The molecule has 1 aromatic rings. The molecule has 0 spiro atoms. The summed E-state index contributed by atoms with van der Waals surface area (Å²) in [5, 5.41) is 7.16. The lowest BCUT2D eigenvalue weighted by Gasteiger charge is -1.91. The van der Waals surface area contributed by atoms with E-state index >= 15 is 0 Å². The summed E-state index contributed by atoms with van der Waals surface area (Å²) in [7, 11) is 0. The van der Waals surface area contributed by atoms with E-state index in [0.29, 0.717) is 0 Å². The van der Waals surface area contributed by atoms with E-state index in [4.69, 9.17) is 11.5 Å². The van der Waals surface area contributed by atoms with E-state index in [1.54, 1.807) is 6.21 Å². The Morgan fingerprint density at radius 1 is 1.23 bits per heavy atom. The summed E-state index contributed by atoms with van der Waals surface area (Å²) in [6.07, 6.45) is 2.40. The van der Waals surface area contributed by atoms with Crippen molar-refractivity contribution in [2.75, 3.05) is 0 Å². The molecular weight excluding hydrogens is 164 g/mol. The average Bonchev–Trinajstić information content (AvgIpc) is 2.14. The van der Waals surface area contributed by atoms with Gasteiger partial charge in [0.1, 0.15) is 0 Å². The molecule has 0 aromatic heterocycles. The number of hydrogen-bond acceptors (Lipinski definition) is 2. The van der Waals surface area contributed by atoms with Crippen molar-refractivity contribution in [2.45, 2.75) is 6.42 Å². The molecule has 0 bridgehead atoms. The van der Waals surface area contributed by atoms with Gasteiger partial charge in [-0.15, -0.1) is 5.10 Å². The zero-order valence-corrected chi connectivity index (χ0v) is 7.22. The van der Waals surface area contributed by atoms with Crippen LogP contribution in [0.25, 0.3) is 0 Å². The second kappa shape index (κ2) is 4.92. The Bertz CT molecular complexity index is 299. The molecule has 4 nitrogen and oxygen atoms in total. The van der Waals surface area contributed by atoms with Crippen LogP contribution in [0.1, 0.15) is 5.56 Å². The van der Waals surface area contributed by atoms with Crippen LogP contribution >= 0.6 is 0 Å². The second-order valence-corrected chi connectivity index (χ2v) is 2.51. The third-order valence-electron chi connectivity index (χ3n) is 1.42. The molecule has 4 N–H and O–H groups in total. The Hall–Kier alpha value is -1.84. The summed E-state index contributed by atoms with van der Waals surface area (Å²) in [6, 6.07) is 9.95. The van der Waals surface area contributed by atoms with Gasteiger partial charge in [-0.25, -0.2) is 0 Å². The summed E-state index contributed by atoms with van der Waals surface area (Å²) in [4.78, 5) is 0. The predicted molar refractivity (Wildman–Crippen MR) is 54.4 cm³/mol. The Morgan fingerprint density at radius 3 is 2.54 bits per heavy atom. The van der Waals surface area contributed by atoms with Gasteiger partial charge in [0, 0.05) is 12.6 Å². The van der Waals surface area contributed by atoms with Crippen molar-refractivity contribution < 1.29 is 0 Å². The molecule has 0 unspecified atom stereocenters. The lowest BCUT2D eigenvalue weighted by Crippen LogP contribution is -2.21. The largest absolute Gasteiger partial charge is 0.369 e. The zero-order chi connectivity index (χ0) is 9.52. The molecule has 13 heavy (non-hydrogen) atoms. The van der Waals surface area contributed by atoms with Gasteiger partial charge in [0.15, 0.2) is 0 Å². The Balaban J connectivity index is 2.44. The maximum atomic E-state index is 5.09. The summed E-state index contributed by atoms with van der Waals surface area (Å²) in [6.45, 7) is 0. The minimum absolute atomic E-state index is 0.0238. The summed E-state index contributed by atoms with van der Waals surface area (Å²) in [5.41, 5.74) is 11.3. The molecule has 4 heteroatoms.